The van der Waals surface area contributed by atoms with Gasteiger partial charge in [-0.05, 0) is 41.5 Å². The van der Waals surface area contributed by atoms with Gasteiger partial charge in [-0.15, -0.1) is 0 Å². The lowest BCUT2D eigenvalue weighted by Crippen LogP contribution is -2.14. The van der Waals surface area contributed by atoms with Gasteiger partial charge in [-0.3, -0.25) is 9.36 Å². The number of benzene rings is 3. The summed E-state index contributed by atoms with van der Waals surface area (Å²) in [6, 6.07) is 22.3. The lowest BCUT2D eigenvalue weighted by molar-refractivity contribution is 0.104. The van der Waals surface area contributed by atoms with Crippen molar-refractivity contribution in [2.75, 3.05) is 0 Å². The summed E-state index contributed by atoms with van der Waals surface area (Å²) in [5.74, 6) is -0.531. The largest absolute Gasteiger partial charge is 0.330 e. The molecule has 0 bridgehead atoms. The van der Waals surface area contributed by atoms with Crippen LogP contribution in [0.15, 0.2) is 95.9 Å². The van der Waals surface area contributed by atoms with Crippen molar-refractivity contribution >= 4 is 11.9 Å². The molecule has 1 N–H and O–H groups in total. The first-order chi connectivity index (χ1) is 14.1. The molecule has 142 valence electrons. The molecule has 4 nitrogen and oxygen atoms in total. The van der Waals surface area contributed by atoms with E-state index in [-0.39, 0.29) is 17.3 Å². The minimum Gasteiger partial charge on any atom is -0.305 e. The Morgan fingerprint density at radius 1 is 0.931 bits per heavy atom. The standard InChI is InChI=1S/C24H17FN2O2/c25-20-12-9-17(10-13-20)11-14-23(28)19-7-4-8-21(15-19)27-16-22(26-24(27)29)18-5-2-1-3-6-18/h1-16H,(H,26,29)/b14-11+. The van der Waals surface area contributed by atoms with Crippen molar-refractivity contribution in [2.45, 2.75) is 0 Å². The molecule has 5 heteroatoms. The van der Waals surface area contributed by atoms with Crippen LogP contribution in [-0.4, -0.2) is 15.3 Å². The second-order valence-corrected chi connectivity index (χ2v) is 6.51. The molecule has 0 amide bonds. The van der Waals surface area contributed by atoms with Crippen molar-refractivity contribution in [3.05, 3.63) is 119 Å². The third kappa shape index (κ3) is 4.14. The van der Waals surface area contributed by atoms with Gasteiger partial charge in [-0.25, -0.2) is 9.18 Å². The fraction of sp³-hybridized carbons (Fsp3) is 0. The predicted octanol–water partition coefficient (Wildman–Crippen LogP) is 4.87. The summed E-state index contributed by atoms with van der Waals surface area (Å²) >= 11 is 0. The monoisotopic (exact) mass is 384 g/mol. The van der Waals surface area contributed by atoms with Gasteiger partial charge in [0.15, 0.2) is 5.78 Å². The van der Waals surface area contributed by atoms with Gasteiger partial charge in [-0.2, -0.15) is 0 Å². The zero-order chi connectivity index (χ0) is 20.2. The maximum Gasteiger partial charge on any atom is 0.330 e. The number of hydrogen-bond acceptors (Lipinski definition) is 2. The minimum absolute atomic E-state index is 0.206. The van der Waals surface area contributed by atoms with Gasteiger partial charge in [-0.1, -0.05) is 60.7 Å². The molecule has 0 aliphatic rings. The number of imidazole rings is 1. The van der Waals surface area contributed by atoms with Crippen LogP contribution in [0.1, 0.15) is 15.9 Å². The van der Waals surface area contributed by atoms with E-state index < -0.39 is 0 Å². The summed E-state index contributed by atoms with van der Waals surface area (Å²) in [7, 11) is 0. The Morgan fingerprint density at radius 2 is 1.69 bits per heavy atom. The Kier molecular flexibility index (Phi) is 5.03. The summed E-state index contributed by atoms with van der Waals surface area (Å²) in [6.45, 7) is 0. The van der Waals surface area contributed by atoms with Gasteiger partial charge in [0.2, 0.25) is 0 Å². The highest BCUT2D eigenvalue weighted by molar-refractivity contribution is 6.07. The van der Waals surface area contributed by atoms with E-state index in [1.807, 2.05) is 30.3 Å². The Morgan fingerprint density at radius 3 is 2.45 bits per heavy atom. The highest BCUT2D eigenvalue weighted by Gasteiger charge is 2.09. The van der Waals surface area contributed by atoms with Crippen LogP contribution in [-0.2, 0) is 0 Å². The lowest BCUT2D eigenvalue weighted by Gasteiger charge is -2.03. The van der Waals surface area contributed by atoms with E-state index in [1.54, 1.807) is 48.7 Å². The Balaban J connectivity index is 1.61. The topological polar surface area (TPSA) is 54.9 Å². The summed E-state index contributed by atoms with van der Waals surface area (Å²) in [5.41, 5.74) is 3.09. The van der Waals surface area contributed by atoms with E-state index >= 15 is 0 Å². The summed E-state index contributed by atoms with van der Waals surface area (Å²) < 4.78 is 14.5. The summed E-state index contributed by atoms with van der Waals surface area (Å²) in [6.07, 6.45) is 4.78. The van der Waals surface area contributed by atoms with Crippen LogP contribution in [0.25, 0.3) is 23.0 Å². The van der Waals surface area contributed by atoms with Crippen molar-refractivity contribution < 1.29 is 9.18 Å². The van der Waals surface area contributed by atoms with Crippen LogP contribution >= 0.6 is 0 Å². The molecule has 1 aromatic heterocycles. The van der Waals surface area contributed by atoms with Gasteiger partial charge in [0.1, 0.15) is 5.82 Å². The number of halogens is 1. The molecule has 0 saturated heterocycles. The first-order valence-corrected chi connectivity index (χ1v) is 9.06. The molecule has 3 aromatic carbocycles. The highest BCUT2D eigenvalue weighted by atomic mass is 19.1. The molecular formula is C24H17FN2O2. The van der Waals surface area contributed by atoms with Gasteiger partial charge in [0, 0.05) is 11.8 Å². The number of aromatic amines is 1. The number of nitrogens with zero attached hydrogens (tertiary/aromatic N) is 1. The number of ketones is 1. The second-order valence-electron chi connectivity index (χ2n) is 6.51. The third-order valence-electron chi connectivity index (χ3n) is 4.51. The number of carbonyl (C=O) groups is 1. The number of rotatable bonds is 5. The predicted molar refractivity (Wildman–Crippen MR) is 112 cm³/mol. The molecule has 0 radical (unpaired) electrons. The van der Waals surface area contributed by atoms with Crippen LogP contribution in [0, 0.1) is 5.82 Å². The zero-order valence-electron chi connectivity index (χ0n) is 15.4. The van der Waals surface area contributed by atoms with Crippen molar-refractivity contribution in [3.8, 4) is 16.9 Å². The molecule has 0 unspecified atom stereocenters. The number of aromatic nitrogens is 2. The van der Waals surface area contributed by atoms with E-state index in [4.69, 9.17) is 0 Å². The lowest BCUT2D eigenvalue weighted by atomic mass is 10.1. The summed E-state index contributed by atoms with van der Waals surface area (Å²) in [5, 5.41) is 0. The molecule has 1 heterocycles. The third-order valence-corrected chi connectivity index (χ3v) is 4.51. The molecule has 0 fully saturated rings. The van der Waals surface area contributed by atoms with Crippen LogP contribution in [0.3, 0.4) is 0 Å². The van der Waals surface area contributed by atoms with Crippen LogP contribution in [0.5, 0.6) is 0 Å². The quantitative estimate of drug-likeness (QED) is 0.394. The Hall–Kier alpha value is -3.99. The smallest absolute Gasteiger partial charge is 0.305 e. The maximum absolute atomic E-state index is 13.0. The van der Waals surface area contributed by atoms with Gasteiger partial charge in [0.25, 0.3) is 0 Å². The fourth-order valence-electron chi connectivity index (χ4n) is 3.00. The number of H-pyrrole nitrogens is 1. The Labute approximate surface area is 166 Å². The van der Waals surface area contributed by atoms with E-state index in [9.17, 15) is 14.0 Å². The number of nitrogens with one attached hydrogen (secondary N) is 1. The minimum atomic E-state index is -0.326. The first kappa shape index (κ1) is 18.4. The number of allylic oxidation sites excluding steroid dienone is 1. The number of carbonyl (C=O) groups excluding carboxylic acids is 1. The zero-order valence-corrected chi connectivity index (χ0v) is 15.4. The fourth-order valence-corrected chi connectivity index (χ4v) is 3.00. The average Bonchev–Trinajstić information content (AvgIpc) is 3.15. The van der Waals surface area contributed by atoms with E-state index in [2.05, 4.69) is 4.98 Å². The van der Waals surface area contributed by atoms with Gasteiger partial charge < -0.3 is 4.98 Å². The molecule has 0 spiro atoms. The van der Waals surface area contributed by atoms with E-state index in [1.165, 1.54) is 22.8 Å². The van der Waals surface area contributed by atoms with Crippen LogP contribution in [0.2, 0.25) is 0 Å². The molecule has 0 atom stereocenters. The highest BCUT2D eigenvalue weighted by Crippen LogP contribution is 2.17. The van der Waals surface area contributed by atoms with E-state index in [0.29, 0.717) is 16.9 Å². The van der Waals surface area contributed by atoms with E-state index in [0.717, 1.165) is 11.1 Å². The molecule has 0 aliphatic carbocycles. The van der Waals surface area contributed by atoms with Crippen molar-refractivity contribution in [1.82, 2.24) is 9.55 Å². The summed E-state index contributed by atoms with van der Waals surface area (Å²) in [4.78, 5) is 27.8. The van der Waals surface area contributed by atoms with Crippen molar-refractivity contribution in [1.29, 1.82) is 0 Å². The van der Waals surface area contributed by atoms with Gasteiger partial charge in [0.05, 0.1) is 11.4 Å². The SMILES string of the molecule is O=C(/C=C/c1ccc(F)cc1)c1cccc(-n2cc(-c3ccccc3)[nH]c2=O)c1. The number of hydrogen-bond donors (Lipinski definition) is 1. The molecule has 0 saturated carbocycles. The van der Waals surface area contributed by atoms with Crippen molar-refractivity contribution in [2.24, 2.45) is 0 Å². The van der Waals surface area contributed by atoms with Crippen molar-refractivity contribution in [3.63, 3.8) is 0 Å². The maximum atomic E-state index is 13.0. The molecule has 29 heavy (non-hydrogen) atoms. The first-order valence-electron chi connectivity index (χ1n) is 9.06. The second kappa shape index (κ2) is 7.94. The molecule has 4 rings (SSSR count). The average molecular weight is 384 g/mol. The molecule has 4 aromatic rings. The van der Waals surface area contributed by atoms with Crippen LogP contribution < -0.4 is 5.69 Å². The normalized spacial score (nSPS) is 11.1. The van der Waals surface area contributed by atoms with Gasteiger partial charge >= 0.3 is 5.69 Å². The molecular weight excluding hydrogens is 367 g/mol. The van der Waals surface area contributed by atoms with Crippen LogP contribution in [0.4, 0.5) is 4.39 Å². The molecule has 0 aliphatic heterocycles. The Bertz CT molecular complexity index is 1240.